The molecule has 2 aromatic rings. The minimum atomic E-state index is -1.18. The number of nitrogens with zero attached hydrogens (tertiary/aromatic N) is 1. The number of rotatable bonds is 9. The molecule has 0 aliphatic carbocycles. The zero-order chi connectivity index (χ0) is 24.1. The van der Waals surface area contributed by atoms with Gasteiger partial charge in [-0.1, -0.05) is 60.7 Å². The summed E-state index contributed by atoms with van der Waals surface area (Å²) in [4.78, 5) is 28.9. The summed E-state index contributed by atoms with van der Waals surface area (Å²) in [5.41, 5.74) is 0.0799. The molecule has 3 rings (SSSR count). The van der Waals surface area contributed by atoms with Crippen LogP contribution in [0.2, 0.25) is 0 Å². The molecule has 1 saturated heterocycles. The van der Waals surface area contributed by atoms with Gasteiger partial charge in [0.05, 0.1) is 25.2 Å². The Balaban J connectivity index is 1.90. The Morgan fingerprint density at radius 2 is 1.73 bits per heavy atom. The number of aliphatic hydroxyl groups excluding tert-OH is 1. The van der Waals surface area contributed by atoms with E-state index in [0.29, 0.717) is 6.61 Å². The molecule has 3 atom stereocenters. The number of hydrogen-bond acceptors (Lipinski definition) is 5. The first kappa shape index (κ1) is 24.9. The molecular formula is C27H35NO5. The molecule has 33 heavy (non-hydrogen) atoms. The first-order valence-electron chi connectivity index (χ1n) is 11.5. The van der Waals surface area contributed by atoms with Crippen molar-refractivity contribution in [3.63, 3.8) is 0 Å². The van der Waals surface area contributed by atoms with Crippen molar-refractivity contribution >= 4 is 11.9 Å². The zero-order valence-corrected chi connectivity index (χ0v) is 20.0. The Labute approximate surface area is 196 Å². The van der Waals surface area contributed by atoms with Crippen LogP contribution >= 0.6 is 0 Å². The lowest BCUT2D eigenvalue weighted by Crippen LogP contribution is -2.46. The van der Waals surface area contributed by atoms with Crippen molar-refractivity contribution in [2.24, 2.45) is 11.3 Å². The second-order valence-corrected chi connectivity index (χ2v) is 9.74. The van der Waals surface area contributed by atoms with Crippen LogP contribution in [-0.4, -0.2) is 47.2 Å². The van der Waals surface area contributed by atoms with Crippen LogP contribution in [0, 0.1) is 11.3 Å². The molecule has 178 valence electrons. The molecule has 1 N–H and O–H groups in total. The fourth-order valence-electron chi connectivity index (χ4n) is 4.41. The minimum Gasteiger partial charge on any atom is -0.459 e. The van der Waals surface area contributed by atoms with Crippen molar-refractivity contribution in [2.75, 3.05) is 19.8 Å². The van der Waals surface area contributed by atoms with Crippen LogP contribution in [0.3, 0.4) is 0 Å². The topological polar surface area (TPSA) is 76.1 Å². The van der Waals surface area contributed by atoms with E-state index >= 15 is 0 Å². The molecule has 1 amide bonds. The van der Waals surface area contributed by atoms with E-state index in [1.54, 1.807) is 25.7 Å². The van der Waals surface area contributed by atoms with Crippen molar-refractivity contribution in [1.29, 1.82) is 0 Å². The third-order valence-electron chi connectivity index (χ3n) is 6.21. The number of benzene rings is 2. The Morgan fingerprint density at radius 3 is 2.30 bits per heavy atom. The molecule has 0 aromatic heterocycles. The summed E-state index contributed by atoms with van der Waals surface area (Å²) in [7, 11) is 0. The lowest BCUT2D eigenvalue weighted by atomic mass is 9.75. The maximum absolute atomic E-state index is 13.7. The monoisotopic (exact) mass is 453 g/mol. The first-order chi connectivity index (χ1) is 15.7. The molecule has 0 bridgehead atoms. The quantitative estimate of drug-likeness (QED) is 0.578. The molecule has 6 heteroatoms. The third kappa shape index (κ3) is 5.81. The summed E-state index contributed by atoms with van der Waals surface area (Å²) in [5, 5.41) is 9.91. The summed E-state index contributed by atoms with van der Waals surface area (Å²) in [6.07, 6.45) is 0.130. The van der Waals surface area contributed by atoms with Crippen LogP contribution in [0.4, 0.5) is 0 Å². The smallest absolute Gasteiger partial charge is 0.315 e. The van der Waals surface area contributed by atoms with Crippen molar-refractivity contribution in [1.82, 2.24) is 4.90 Å². The number of carbonyl (C=O) groups excluding carboxylic acids is 2. The van der Waals surface area contributed by atoms with Crippen molar-refractivity contribution in [2.45, 2.75) is 52.4 Å². The molecule has 0 unspecified atom stereocenters. The Morgan fingerprint density at radius 1 is 1.12 bits per heavy atom. The molecule has 1 aliphatic heterocycles. The highest BCUT2D eigenvalue weighted by Crippen LogP contribution is 2.45. The molecule has 0 radical (unpaired) electrons. The average molecular weight is 454 g/mol. The standard InChI is InChI=1S/C27H35NO5/c1-20(22-13-9-6-10-14-22)28-19-27(15-16-29,25(31)33-26(2,3)4)23(24(28)30)18-32-17-21-11-7-5-8-12-21/h5-14,20,23,29H,15-19H2,1-4H3/t20-,23-,27-/m1/s1. The van der Waals surface area contributed by atoms with E-state index in [2.05, 4.69) is 0 Å². The van der Waals surface area contributed by atoms with Gasteiger partial charge in [0.1, 0.15) is 11.0 Å². The van der Waals surface area contributed by atoms with E-state index in [1.807, 2.05) is 67.6 Å². The predicted molar refractivity (Wildman–Crippen MR) is 126 cm³/mol. The fraction of sp³-hybridized carbons (Fsp3) is 0.481. The lowest BCUT2D eigenvalue weighted by Gasteiger charge is -2.34. The van der Waals surface area contributed by atoms with Gasteiger partial charge in [-0.3, -0.25) is 9.59 Å². The van der Waals surface area contributed by atoms with Gasteiger partial charge in [-0.05, 0) is 45.2 Å². The summed E-state index contributed by atoms with van der Waals surface area (Å²) >= 11 is 0. The van der Waals surface area contributed by atoms with Crippen LogP contribution in [-0.2, 0) is 25.7 Å². The molecule has 1 heterocycles. The average Bonchev–Trinajstić information content (AvgIpc) is 3.06. The van der Waals surface area contributed by atoms with Crippen molar-refractivity contribution in [3.05, 3.63) is 71.8 Å². The highest BCUT2D eigenvalue weighted by Gasteiger charge is 2.59. The van der Waals surface area contributed by atoms with Gasteiger partial charge in [0, 0.05) is 13.2 Å². The van der Waals surface area contributed by atoms with Crippen LogP contribution in [0.5, 0.6) is 0 Å². The van der Waals surface area contributed by atoms with E-state index in [-0.39, 0.29) is 38.1 Å². The summed E-state index contributed by atoms with van der Waals surface area (Å²) in [5.74, 6) is -1.36. The number of likely N-dealkylation sites (tertiary alicyclic amines) is 1. The fourth-order valence-corrected chi connectivity index (χ4v) is 4.41. The zero-order valence-electron chi connectivity index (χ0n) is 20.0. The summed E-state index contributed by atoms with van der Waals surface area (Å²) in [6.45, 7) is 7.73. The maximum Gasteiger partial charge on any atom is 0.315 e. The van der Waals surface area contributed by atoms with Gasteiger partial charge in [0.25, 0.3) is 0 Å². The molecular weight excluding hydrogens is 418 g/mol. The van der Waals surface area contributed by atoms with Crippen molar-refractivity contribution in [3.8, 4) is 0 Å². The van der Waals surface area contributed by atoms with E-state index in [9.17, 15) is 14.7 Å². The Bertz CT molecular complexity index is 925. The SMILES string of the molecule is C[C@H](c1ccccc1)N1C[C@@](CCO)(C(=O)OC(C)(C)C)[C@H](COCc2ccccc2)C1=O. The van der Waals surface area contributed by atoms with Gasteiger partial charge in [-0.15, -0.1) is 0 Å². The lowest BCUT2D eigenvalue weighted by molar-refractivity contribution is -0.173. The normalized spacial score (nSPS) is 21.8. The third-order valence-corrected chi connectivity index (χ3v) is 6.21. The molecule has 0 spiro atoms. The molecule has 6 nitrogen and oxygen atoms in total. The van der Waals surface area contributed by atoms with E-state index < -0.39 is 22.9 Å². The van der Waals surface area contributed by atoms with E-state index in [1.165, 1.54) is 0 Å². The number of esters is 1. The van der Waals surface area contributed by atoms with Gasteiger partial charge < -0.3 is 19.5 Å². The number of hydrogen-bond donors (Lipinski definition) is 1. The minimum absolute atomic E-state index is 0.0744. The van der Waals surface area contributed by atoms with Crippen LogP contribution < -0.4 is 0 Å². The van der Waals surface area contributed by atoms with E-state index in [0.717, 1.165) is 11.1 Å². The number of carbonyl (C=O) groups is 2. The molecule has 1 aliphatic rings. The van der Waals surface area contributed by atoms with E-state index in [4.69, 9.17) is 9.47 Å². The maximum atomic E-state index is 13.7. The summed E-state index contributed by atoms with van der Waals surface area (Å²) < 4.78 is 11.7. The van der Waals surface area contributed by atoms with Gasteiger partial charge in [-0.25, -0.2) is 0 Å². The largest absolute Gasteiger partial charge is 0.459 e. The Hall–Kier alpha value is -2.70. The van der Waals surface area contributed by atoms with Gasteiger partial charge in [-0.2, -0.15) is 0 Å². The molecule has 2 aromatic carbocycles. The van der Waals surface area contributed by atoms with Gasteiger partial charge in [0.15, 0.2) is 0 Å². The summed E-state index contributed by atoms with van der Waals surface area (Å²) in [6, 6.07) is 19.2. The molecule has 1 fully saturated rings. The van der Waals surface area contributed by atoms with Crippen molar-refractivity contribution < 1.29 is 24.2 Å². The highest BCUT2D eigenvalue weighted by atomic mass is 16.6. The second-order valence-electron chi connectivity index (χ2n) is 9.74. The van der Waals surface area contributed by atoms with Gasteiger partial charge >= 0.3 is 5.97 Å². The Kier molecular flexibility index (Phi) is 7.92. The number of amides is 1. The number of aliphatic hydroxyl groups is 1. The number of ether oxygens (including phenoxy) is 2. The predicted octanol–water partition coefficient (Wildman–Crippen LogP) is 4.13. The van der Waals surface area contributed by atoms with Crippen LogP contribution in [0.1, 0.15) is 51.3 Å². The van der Waals surface area contributed by atoms with Crippen LogP contribution in [0.15, 0.2) is 60.7 Å². The molecule has 0 saturated carbocycles. The van der Waals surface area contributed by atoms with Gasteiger partial charge in [0.2, 0.25) is 5.91 Å². The first-order valence-corrected chi connectivity index (χ1v) is 11.5. The highest BCUT2D eigenvalue weighted by molar-refractivity contribution is 5.92. The van der Waals surface area contributed by atoms with Crippen LogP contribution in [0.25, 0.3) is 0 Å². The second kappa shape index (κ2) is 10.5.